The van der Waals surface area contributed by atoms with Crippen LogP contribution < -0.4 is 4.90 Å². The maximum Gasteiger partial charge on any atom is 0.137 e. The van der Waals surface area contributed by atoms with E-state index < -0.39 is 0 Å². The monoisotopic (exact) mass is 247 g/mol. The summed E-state index contributed by atoms with van der Waals surface area (Å²) in [7, 11) is 0. The van der Waals surface area contributed by atoms with Gasteiger partial charge in [-0.3, -0.25) is 4.79 Å². The molecule has 1 heterocycles. The van der Waals surface area contributed by atoms with Crippen LogP contribution in [-0.4, -0.2) is 32.1 Å². The van der Waals surface area contributed by atoms with Gasteiger partial charge in [0.25, 0.3) is 0 Å². The summed E-state index contributed by atoms with van der Waals surface area (Å²) in [4.78, 5) is 13.9. The lowest BCUT2D eigenvalue weighted by molar-refractivity contribution is -0.118. The van der Waals surface area contributed by atoms with E-state index in [1.54, 1.807) is 0 Å². The molecule has 0 unspecified atom stereocenters. The molecule has 0 N–H and O–H groups in total. The van der Waals surface area contributed by atoms with E-state index in [2.05, 4.69) is 29.2 Å². The van der Waals surface area contributed by atoms with Crippen LogP contribution in [0.3, 0.4) is 0 Å². The maximum atomic E-state index is 11.6. The van der Waals surface area contributed by atoms with Gasteiger partial charge >= 0.3 is 0 Å². The van der Waals surface area contributed by atoms with Crippen molar-refractivity contribution in [2.24, 2.45) is 0 Å². The summed E-state index contributed by atoms with van der Waals surface area (Å²) in [6.45, 7) is 5.55. The highest BCUT2D eigenvalue weighted by molar-refractivity contribution is 5.80. The van der Waals surface area contributed by atoms with Crippen LogP contribution in [0.2, 0.25) is 0 Å². The van der Waals surface area contributed by atoms with E-state index in [-0.39, 0.29) is 0 Å². The third kappa shape index (κ3) is 3.57. The Kier molecular flexibility index (Phi) is 4.76. The number of ketones is 1. The van der Waals surface area contributed by atoms with Gasteiger partial charge in [0.2, 0.25) is 0 Å². The molecule has 0 atom stereocenters. The molecule has 0 amide bonds. The number of Topliss-reactive ketones (excluding diaryl/α,β-unsaturated/α-hetero) is 1. The zero-order valence-electron chi connectivity index (χ0n) is 11.0. The quantitative estimate of drug-likeness (QED) is 0.800. The van der Waals surface area contributed by atoms with Crippen LogP contribution in [0.5, 0.6) is 0 Å². The Morgan fingerprint density at radius 2 is 1.89 bits per heavy atom. The van der Waals surface area contributed by atoms with Gasteiger partial charge in [-0.1, -0.05) is 19.1 Å². The van der Waals surface area contributed by atoms with Gasteiger partial charge in [-0.2, -0.15) is 0 Å². The zero-order valence-corrected chi connectivity index (χ0v) is 11.0. The Bertz CT molecular complexity index is 380. The number of ether oxygens (including phenoxy) is 1. The largest absolute Gasteiger partial charge is 0.378 e. The average molecular weight is 247 g/mol. The molecule has 0 bridgehead atoms. The van der Waals surface area contributed by atoms with Crippen molar-refractivity contribution >= 4 is 11.5 Å². The highest BCUT2D eigenvalue weighted by Gasteiger charge is 2.11. The van der Waals surface area contributed by atoms with Crippen LogP contribution in [0.25, 0.3) is 0 Å². The topological polar surface area (TPSA) is 29.5 Å². The van der Waals surface area contributed by atoms with E-state index in [1.165, 1.54) is 5.69 Å². The van der Waals surface area contributed by atoms with Crippen molar-refractivity contribution in [1.82, 2.24) is 0 Å². The third-order valence-electron chi connectivity index (χ3n) is 3.24. The van der Waals surface area contributed by atoms with E-state index in [4.69, 9.17) is 4.74 Å². The van der Waals surface area contributed by atoms with Gasteiger partial charge in [-0.05, 0) is 24.1 Å². The van der Waals surface area contributed by atoms with E-state index in [0.29, 0.717) is 18.6 Å². The van der Waals surface area contributed by atoms with Crippen molar-refractivity contribution < 1.29 is 9.53 Å². The van der Waals surface area contributed by atoms with E-state index in [9.17, 15) is 4.79 Å². The molecule has 0 spiro atoms. The Labute approximate surface area is 109 Å². The number of carbonyl (C=O) groups is 1. The smallest absolute Gasteiger partial charge is 0.137 e. The van der Waals surface area contributed by atoms with Gasteiger partial charge in [0.1, 0.15) is 5.78 Å². The summed E-state index contributed by atoms with van der Waals surface area (Å²) in [5.41, 5.74) is 2.34. The van der Waals surface area contributed by atoms with Crippen LogP contribution in [0.4, 0.5) is 5.69 Å². The molecule has 1 aromatic rings. The van der Waals surface area contributed by atoms with Crippen molar-refractivity contribution in [2.45, 2.75) is 26.2 Å². The fourth-order valence-electron chi connectivity index (χ4n) is 2.24. The Hall–Kier alpha value is -1.35. The molecule has 1 aliphatic rings. The number of nitrogens with zero attached hydrogens (tertiary/aromatic N) is 1. The van der Waals surface area contributed by atoms with Crippen LogP contribution in [0.1, 0.15) is 25.3 Å². The summed E-state index contributed by atoms with van der Waals surface area (Å²) in [6.07, 6.45) is 2.19. The molecule has 3 heteroatoms. The first kappa shape index (κ1) is 13.1. The van der Waals surface area contributed by atoms with Crippen molar-refractivity contribution in [1.29, 1.82) is 0 Å². The molecule has 1 saturated heterocycles. The summed E-state index contributed by atoms with van der Waals surface area (Å²) in [5.74, 6) is 0.330. The molecule has 98 valence electrons. The first-order valence-corrected chi connectivity index (χ1v) is 6.73. The third-order valence-corrected chi connectivity index (χ3v) is 3.24. The van der Waals surface area contributed by atoms with Crippen LogP contribution in [-0.2, 0) is 16.0 Å². The van der Waals surface area contributed by atoms with Gasteiger partial charge in [0, 0.05) is 31.6 Å². The van der Waals surface area contributed by atoms with Gasteiger partial charge in [-0.15, -0.1) is 0 Å². The van der Waals surface area contributed by atoms with Crippen molar-refractivity contribution in [3.8, 4) is 0 Å². The minimum Gasteiger partial charge on any atom is -0.378 e. The minimum atomic E-state index is 0.330. The van der Waals surface area contributed by atoms with E-state index in [1.807, 2.05) is 6.92 Å². The summed E-state index contributed by atoms with van der Waals surface area (Å²) < 4.78 is 5.34. The molecule has 0 aromatic heterocycles. The first-order chi connectivity index (χ1) is 8.79. The molecule has 3 nitrogen and oxygen atoms in total. The molecular weight excluding hydrogens is 226 g/mol. The normalized spacial score (nSPS) is 15.7. The van der Waals surface area contributed by atoms with Crippen molar-refractivity contribution in [3.05, 3.63) is 29.8 Å². The maximum absolute atomic E-state index is 11.6. The van der Waals surface area contributed by atoms with Gasteiger partial charge < -0.3 is 9.64 Å². The molecule has 0 radical (unpaired) electrons. The Balaban J connectivity index is 1.94. The molecule has 0 saturated carbocycles. The fourth-order valence-corrected chi connectivity index (χ4v) is 2.24. The molecular formula is C15H21NO2. The number of anilines is 1. The van der Waals surface area contributed by atoms with Crippen LogP contribution in [0, 0.1) is 0 Å². The van der Waals surface area contributed by atoms with Gasteiger partial charge in [0.05, 0.1) is 13.2 Å². The molecule has 1 fully saturated rings. The summed E-state index contributed by atoms with van der Waals surface area (Å²) in [6, 6.07) is 8.36. The second-order valence-corrected chi connectivity index (χ2v) is 4.73. The second-order valence-electron chi connectivity index (χ2n) is 4.73. The predicted octanol–water partition coefficient (Wildman–Crippen LogP) is 2.43. The standard InChI is InChI=1S/C15H21NO2/c1-2-3-15(17)12-13-4-6-14(7-5-13)16-8-10-18-11-9-16/h4-7H,2-3,8-12H2,1H3. The summed E-state index contributed by atoms with van der Waals surface area (Å²) >= 11 is 0. The number of rotatable bonds is 5. The minimum absolute atomic E-state index is 0.330. The Morgan fingerprint density at radius 3 is 2.50 bits per heavy atom. The lowest BCUT2D eigenvalue weighted by atomic mass is 10.1. The highest BCUT2D eigenvalue weighted by atomic mass is 16.5. The summed E-state index contributed by atoms with van der Waals surface area (Å²) in [5, 5.41) is 0. The lowest BCUT2D eigenvalue weighted by Crippen LogP contribution is -2.36. The zero-order chi connectivity index (χ0) is 12.8. The lowest BCUT2D eigenvalue weighted by Gasteiger charge is -2.28. The van der Waals surface area contributed by atoms with Crippen molar-refractivity contribution in [2.75, 3.05) is 31.2 Å². The molecule has 18 heavy (non-hydrogen) atoms. The molecule has 1 aliphatic heterocycles. The van der Waals surface area contributed by atoms with Crippen LogP contribution >= 0.6 is 0 Å². The van der Waals surface area contributed by atoms with E-state index in [0.717, 1.165) is 38.3 Å². The molecule has 2 rings (SSSR count). The number of carbonyl (C=O) groups excluding carboxylic acids is 1. The predicted molar refractivity (Wildman–Crippen MR) is 73.1 cm³/mol. The van der Waals surface area contributed by atoms with Gasteiger partial charge in [-0.25, -0.2) is 0 Å². The SMILES string of the molecule is CCCC(=O)Cc1ccc(N2CCOCC2)cc1. The second kappa shape index (κ2) is 6.55. The number of benzene rings is 1. The molecule has 0 aliphatic carbocycles. The van der Waals surface area contributed by atoms with Gasteiger partial charge in [0.15, 0.2) is 0 Å². The number of hydrogen-bond donors (Lipinski definition) is 0. The number of morpholine rings is 1. The first-order valence-electron chi connectivity index (χ1n) is 6.73. The highest BCUT2D eigenvalue weighted by Crippen LogP contribution is 2.17. The fraction of sp³-hybridized carbons (Fsp3) is 0.533. The number of hydrogen-bond acceptors (Lipinski definition) is 3. The molecule has 1 aromatic carbocycles. The van der Waals surface area contributed by atoms with E-state index >= 15 is 0 Å². The average Bonchev–Trinajstić information content (AvgIpc) is 2.41. The van der Waals surface area contributed by atoms with Crippen LogP contribution in [0.15, 0.2) is 24.3 Å². The Morgan fingerprint density at radius 1 is 1.22 bits per heavy atom. The van der Waals surface area contributed by atoms with Crippen molar-refractivity contribution in [3.63, 3.8) is 0 Å².